The Morgan fingerprint density at radius 2 is 1.59 bits per heavy atom. The molecule has 0 radical (unpaired) electrons. The van der Waals surface area contributed by atoms with E-state index in [4.69, 9.17) is 28.9 Å². The maximum atomic E-state index is 6.08. The quantitative estimate of drug-likeness (QED) is 0.733. The third-order valence-electron chi connectivity index (χ3n) is 2.82. The highest BCUT2D eigenvalue weighted by molar-refractivity contribution is 6.33. The summed E-state index contributed by atoms with van der Waals surface area (Å²) in [6, 6.07) is 9.71. The summed E-state index contributed by atoms with van der Waals surface area (Å²) in [5.74, 6) is 0. The van der Waals surface area contributed by atoms with Crippen LogP contribution in [0.3, 0.4) is 0 Å². The Kier molecular flexibility index (Phi) is 3.32. The first-order valence-electron chi connectivity index (χ1n) is 5.31. The molecule has 0 aromatic heterocycles. The van der Waals surface area contributed by atoms with Gasteiger partial charge in [0.2, 0.25) is 0 Å². The molecule has 3 heteroatoms. The summed E-state index contributed by atoms with van der Waals surface area (Å²) >= 11 is 12.1. The highest BCUT2D eigenvalue weighted by Gasteiger charge is 2.07. The molecule has 0 aliphatic carbocycles. The number of anilines is 1. The number of hydrogen-bond donors (Lipinski definition) is 1. The lowest BCUT2D eigenvalue weighted by Gasteiger charge is -2.10. The number of aryl methyl sites for hydroxylation is 2. The van der Waals surface area contributed by atoms with Crippen molar-refractivity contribution < 1.29 is 0 Å². The standard InChI is InChI=1S/C14H13Cl2N/c1-8-6-12(15)9(2)5-11(8)10-3-4-14(17)13(16)7-10/h3-7H,17H2,1-2H3. The summed E-state index contributed by atoms with van der Waals surface area (Å²) in [6.45, 7) is 4.02. The second-order valence-electron chi connectivity index (χ2n) is 4.15. The monoisotopic (exact) mass is 265 g/mol. The van der Waals surface area contributed by atoms with Gasteiger partial charge in [-0.05, 0) is 60.4 Å². The Labute approximate surface area is 111 Å². The van der Waals surface area contributed by atoms with E-state index >= 15 is 0 Å². The Bertz CT molecular complexity index is 577. The number of rotatable bonds is 1. The van der Waals surface area contributed by atoms with E-state index in [0.29, 0.717) is 10.7 Å². The van der Waals surface area contributed by atoms with Crippen LogP contribution in [0.15, 0.2) is 30.3 Å². The first kappa shape index (κ1) is 12.3. The van der Waals surface area contributed by atoms with Gasteiger partial charge in [-0.3, -0.25) is 0 Å². The zero-order valence-electron chi connectivity index (χ0n) is 9.72. The van der Waals surface area contributed by atoms with Crippen LogP contribution < -0.4 is 5.73 Å². The van der Waals surface area contributed by atoms with Crippen LogP contribution in [-0.4, -0.2) is 0 Å². The van der Waals surface area contributed by atoms with Crippen molar-refractivity contribution in [3.63, 3.8) is 0 Å². The van der Waals surface area contributed by atoms with Crippen molar-refractivity contribution in [1.82, 2.24) is 0 Å². The smallest absolute Gasteiger partial charge is 0.0641 e. The van der Waals surface area contributed by atoms with Gasteiger partial charge in [-0.2, -0.15) is 0 Å². The predicted molar refractivity (Wildman–Crippen MR) is 75.8 cm³/mol. The third kappa shape index (κ3) is 2.41. The molecule has 0 saturated heterocycles. The Morgan fingerprint density at radius 1 is 0.882 bits per heavy atom. The third-order valence-corrected chi connectivity index (χ3v) is 3.55. The lowest BCUT2D eigenvalue weighted by Crippen LogP contribution is -1.89. The van der Waals surface area contributed by atoms with E-state index < -0.39 is 0 Å². The minimum absolute atomic E-state index is 0.578. The number of nitrogen functional groups attached to an aromatic ring is 1. The SMILES string of the molecule is Cc1cc(-c2ccc(N)c(Cl)c2)c(C)cc1Cl. The van der Waals surface area contributed by atoms with Crippen molar-refractivity contribution in [2.75, 3.05) is 5.73 Å². The van der Waals surface area contributed by atoms with Gasteiger partial charge < -0.3 is 5.73 Å². The van der Waals surface area contributed by atoms with E-state index in [1.54, 1.807) is 0 Å². The minimum atomic E-state index is 0.578. The van der Waals surface area contributed by atoms with E-state index in [9.17, 15) is 0 Å². The highest BCUT2D eigenvalue weighted by atomic mass is 35.5. The molecule has 88 valence electrons. The summed E-state index contributed by atoms with van der Waals surface area (Å²) in [5.41, 5.74) is 10.7. The summed E-state index contributed by atoms with van der Waals surface area (Å²) in [6.07, 6.45) is 0. The van der Waals surface area contributed by atoms with Crippen LogP contribution in [-0.2, 0) is 0 Å². The van der Waals surface area contributed by atoms with Crippen LogP contribution in [0.1, 0.15) is 11.1 Å². The van der Waals surface area contributed by atoms with Crippen LogP contribution >= 0.6 is 23.2 Å². The first-order chi connectivity index (χ1) is 7.99. The molecule has 2 aromatic rings. The van der Waals surface area contributed by atoms with Crippen LogP contribution in [0.25, 0.3) is 11.1 Å². The largest absolute Gasteiger partial charge is 0.398 e. The van der Waals surface area contributed by atoms with E-state index in [-0.39, 0.29) is 0 Å². The molecular formula is C14H13Cl2N. The molecular weight excluding hydrogens is 253 g/mol. The molecule has 0 atom stereocenters. The average Bonchev–Trinajstić information content (AvgIpc) is 2.27. The van der Waals surface area contributed by atoms with Gasteiger partial charge in [-0.15, -0.1) is 0 Å². The summed E-state index contributed by atoms with van der Waals surface area (Å²) < 4.78 is 0. The lowest BCUT2D eigenvalue weighted by molar-refractivity contribution is 1.39. The number of hydrogen-bond acceptors (Lipinski definition) is 1. The molecule has 0 aliphatic heterocycles. The van der Waals surface area contributed by atoms with Crippen molar-refractivity contribution in [3.8, 4) is 11.1 Å². The van der Waals surface area contributed by atoms with E-state index in [1.165, 1.54) is 0 Å². The maximum absolute atomic E-state index is 6.08. The van der Waals surface area contributed by atoms with Crippen molar-refractivity contribution in [1.29, 1.82) is 0 Å². The molecule has 0 bridgehead atoms. The van der Waals surface area contributed by atoms with Crippen LogP contribution in [0.5, 0.6) is 0 Å². The Hall–Kier alpha value is -1.18. The van der Waals surface area contributed by atoms with Gasteiger partial charge in [0, 0.05) is 5.02 Å². The minimum Gasteiger partial charge on any atom is -0.398 e. The fourth-order valence-corrected chi connectivity index (χ4v) is 2.19. The van der Waals surface area contributed by atoms with Crippen molar-refractivity contribution in [2.45, 2.75) is 13.8 Å². The van der Waals surface area contributed by atoms with Gasteiger partial charge in [0.15, 0.2) is 0 Å². The zero-order chi connectivity index (χ0) is 12.6. The second kappa shape index (κ2) is 4.59. The van der Waals surface area contributed by atoms with Gasteiger partial charge >= 0.3 is 0 Å². The Morgan fingerprint density at radius 3 is 2.24 bits per heavy atom. The first-order valence-corrected chi connectivity index (χ1v) is 6.07. The Balaban J connectivity index is 2.60. The summed E-state index contributed by atoms with van der Waals surface area (Å²) in [4.78, 5) is 0. The predicted octanol–water partition coefficient (Wildman–Crippen LogP) is 4.86. The van der Waals surface area contributed by atoms with Crippen LogP contribution in [0.2, 0.25) is 10.0 Å². The van der Waals surface area contributed by atoms with Crippen LogP contribution in [0, 0.1) is 13.8 Å². The highest BCUT2D eigenvalue weighted by Crippen LogP contribution is 2.31. The molecule has 0 aliphatic rings. The van der Waals surface area contributed by atoms with E-state index in [1.807, 2.05) is 38.1 Å². The zero-order valence-corrected chi connectivity index (χ0v) is 11.2. The fourth-order valence-electron chi connectivity index (χ4n) is 1.79. The molecule has 2 N–H and O–H groups in total. The topological polar surface area (TPSA) is 26.0 Å². The van der Waals surface area contributed by atoms with Crippen LogP contribution in [0.4, 0.5) is 5.69 Å². The number of benzene rings is 2. The van der Waals surface area contributed by atoms with E-state index in [0.717, 1.165) is 27.3 Å². The molecule has 0 amide bonds. The molecule has 0 unspecified atom stereocenters. The summed E-state index contributed by atoms with van der Waals surface area (Å²) in [5, 5.41) is 1.36. The van der Waals surface area contributed by atoms with Crippen molar-refractivity contribution in [3.05, 3.63) is 51.5 Å². The van der Waals surface area contributed by atoms with Crippen molar-refractivity contribution in [2.24, 2.45) is 0 Å². The molecule has 0 spiro atoms. The lowest BCUT2D eigenvalue weighted by atomic mass is 9.98. The molecule has 1 nitrogen and oxygen atoms in total. The second-order valence-corrected chi connectivity index (χ2v) is 4.97. The number of nitrogens with two attached hydrogens (primary N) is 1. The van der Waals surface area contributed by atoms with Gasteiger partial charge in [-0.1, -0.05) is 29.3 Å². The van der Waals surface area contributed by atoms with Gasteiger partial charge in [0.05, 0.1) is 10.7 Å². The van der Waals surface area contributed by atoms with Crippen molar-refractivity contribution >= 4 is 28.9 Å². The van der Waals surface area contributed by atoms with Gasteiger partial charge in [-0.25, -0.2) is 0 Å². The van der Waals surface area contributed by atoms with Gasteiger partial charge in [0.25, 0.3) is 0 Å². The summed E-state index contributed by atoms with van der Waals surface area (Å²) in [7, 11) is 0. The normalized spacial score (nSPS) is 10.6. The molecule has 2 aromatic carbocycles. The van der Waals surface area contributed by atoms with Gasteiger partial charge in [0.1, 0.15) is 0 Å². The maximum Gasteiger partial charge on any atom is 0.0641 e. The number of halogens is 2. The molecule has 0 fully saturated rings. The molecule has 17 heavy (non-hydrogen) atoms. The molecule has 0 heterocycles. The average molecular weight is 266 g/mol. The fraction of sp³-hybridized carbons (Fsp3) is 0.143. The van der Waals surface area contributed by atoms with E-state index in [2.05, 4.69) is 6.07 Å². The molecule has 2 rings (SSSR count). The molecule has 0 saturated carbocycles.